The molecule has 1 aromatic rings. The summed E-state index contributed by atoms with van der Waals surface area (Å²) in [6.45, 7) is 2.18. The molecule has 94 valence electrons. The molecule has 0 N–H and O–H groups in total. The zero-order valence-electron chi connectivity index (χ0n) is 10.4. The van der Waals surface area contributed by atoms with Gasteiger partial charge in [-0.25, -0.2) is 0 Å². The summed E-state index contributed by atoms with van der Waals surface area (Å²) in [5, 5.41) is 0. The Labute approximate surface area is 123 Å². The van der Waals surface area contributed by atoms with Crippen LogP contribution in [0.15, 0.2) is 78.4 Å². The van der Waals surface area contributed by atoms with Gasteiger partial charge in [0.15, 0.2) is 0 Å². The first-order chi connectivity index (χ1) is 8.38. The zero-order chi connectivity index (χ0) is 11.9. The van der Waals surface area contributed by atoms with Gasteiger partial charge < -0.3 is 0 Å². The Hall–Kier alpha value is -1.20. The van der Waals surface area contributed by atoms with Crippen LogP contribution >= 0.6 is 0 Å². The van der Waals surface area contributed by atoms with E-state index in [0.29, 0.717) is 5.92 Å². The maximum Gasteiger partial charge on any atom is 0.0231 e. The SMILES string of the molecule is CC1=CC=CC1c1ccccc1.[CH]1C=CC=C1.[Rh]. The van der Waals surface area contributed by atoms with Crippen molar-refractivity contribution in [3.05, 3.63) is 90.4 Å². The predicted octanol–water partition coefficient (Wildman–Crippen LogP) is 4.60. The molecular weight excluding hydrogens is 307 g/mol. The topological polar surface area (TPSA) is 0 Å². The van der Waals surface area contributed by atoms with Crippen molar-refractivity contribution in [2.45, 2.75) is 12.8 Å². The molecule has 1 heteroatoms. The van der Waals surface area contributed by atoms with E-state index in [2.05, 4.69) is 55.5 Å². The van der Waals surface area contributed by atoms with Gasteiger partial charge in [0.25, 0.3) is 0 Å². The van der Waals surface area contributed by atoms with Gasteiger partial charge in [-0.2, -0.15) is 0 Å². The summed E-state index contributed by atoms with van der Waals surface area (Å²) in [4.78, 5) is 0. The average Bonchev–Trinajstić information content (AvgIpc) is 3.03. The van der Waals surface area contributed by atoms with E-state index in [1.54, 1.807) is 0 Å². The van der Waals surface area contributed by atoms with Gasteiger partial charge in [0.05, 0.1) is 0 Å². The average molecular weight is 324 g/mol. The van der Waals surface area contributed by atoms with Gasteiger partial charge in [-0.15, -0.1) is 0 Å². The van der Waals surface area contributed by atoms with E-state index < -0.39 is 0 Å². The number of rotatable bonds is 1. The zero-order valence-corrected chi connectivity index (χ0v) is 12.1. The van der Waals surface area contributed by atoms with Crippen LogP contribution < -0.4 is 0 Å². The van der Waals surface area contributed by atoms with Gasteiger partial charge in [0.1, 0.15) is 0 Å². The van der Waals surface area contributed by atoms with Gasteiger partial charge in [0, 0.05) is 31.8 Å². The van der Waals surface area contributed by atoms with Gasteiger partial charge >= 0.3 is 0 Å². The molecule has 2 aliphatic rings. The molecule has 0 saturated carbocycles. The van der Waals surface area contributed by atoms with Crippen LogP contribution in [0.3, 0.4) is 0 Å². The van der Waals surface area contributed by atoms with E-state index in [4.69, 9.17) is 0 Å². The molecule has 0 heterocycles. The molecule has 0 fully saturated rings. The number of hydrogen-bond donors (Lipinski definition) is 0. The maximum absolute atomic E-state index is 2.24. The Kier molecular flexibility index (Phi) is 6.61. The van der Waals surface area contributed by atoms with Gasteiger partial charge in [-0.3, -0.25) is 0 Å². The molecule has 1 unspecified atom stereocenters. The maximum atomic E-state index is 2.24. The molecule has 3 rings (SSSR count). The van der Waals surface area contributed by atoms with Crippen molar-refractivity contribution in [1.29, 1.82) is 0 Å². The molecule has 18 heavy (non-hydrogen) atoms. The molecule has 2 aliphatic carbocycles. The quantitative estimate of drug-likeness (QED) is 0.662. The molecule has 0 aromatic heterocycles. The van der Waals surface area contributed by atoms with E-state index in [-0.39, 0.29) is 19.5 Å². The summed E-state index contributed by atoms with van der Waals surface area (Å²) in [5.74, 6) is 0.520. The van der Waals surface area contributed by atoms with Crippen LogP contribution in [0.1, 0.15) is 18.4 Å². The molecule has 0 nitrogen and oxygen atoms in total. The third-order valence-electron chi connectivity index (χ3n) is 2.87. The molecule has 2 radical (unpaired) electrons. The third-order valence-corrected chi connectivity index (χ3v) is 2.87. The standard InChI is InChI=1S/C12H12.C5H5.Rh/c1-10-6-5-9-12(10)11-7-3-2-4-8-11;1-2-4-5-3-1;/h2-9,12H,1H3;1-5H;. The fourth-order valence-electron chi connectivity index (χ4n) is 1.93. The largest absolute Gasteiger partial charge is 0.0767 e. The summed E-state index contributed by atoms with van der Waals surface area (Å²) in [6, 6.07) is 10.6. The normalized spacial score (nSPS) is 18.9. The van der Waals surface area contributed by atoms with Crippen LogP contribution in [-0.4, -0.2) is 0 Å². The van der Waals surface area contributed by atoms with Gasteiger partial charge in [-0.05, 0) is 12.5 Å². The van der Waals surface area contributed by atoms with Crippen LogP contribution in [0.5, 0.6) is 0 Å². The number of benzene rings is 1. The van der Waals surface area contributed by atoms with Crippen LogP contribution in [-0.2, 0) is 19.5 Å². The Morgan fingerprint density at radius 3 is 1.94 bits per heavy atom. The second kappa shape index (κ2) is 8.00. The molecule has 0 spiro atoms. The monoisotopic (exact) mass is 324 g/mol. The second-order valence-corrected chi connectivity index (χ2v) is 4.15. The molecule has 0 aliphatic heterocycles. The van der Waals surface area contributed by atoms with Gasteiger partial charge in [-0.1, -0.05) is 78.4 Å². The van der Waals surface area contributed by atoms with Crippen molar-refractivity contribution in [3.63, 3.8) is 0 Å². The third kappa shape index (κ3) is 4.24. The minimum Gasteiger partial charge on any atom is -0.0767 e. The number of hydrogen-bond acceptors (Lipinski definition) is 0. The van der Waals surface area contributed by atoms with Crippen molar-refractivity contribution in [2.24, 2.45) is 0 Å². The fraction of sp³-hybridized carbons (Fsp3) is 0.118. The van der Waals surface area contributed by atoms with Crippen molar-refractivity contribution in [3.8, 4) is 0 Å². The molecular formula is C17H17Rh. The van der Waals surface area contributed by atoms with Crippen LogP contribution in [0.2, 0.25) is 0 Å². The summed E-state index contributed by atoms with van der Waals surface area (Å²) in [5.41, 5.74) is 2.82. The van der Waals surface area contributed by atoms with E-state index in [1.165, 1.54) is 11.1 Å². The van der Waals surface area contributed by atoms with Crippen LogP contribution in [0, 0.1) is 6.42 Å². The number of allylic oxidation sites excluding steroid dienone is 8. The summed E-state index contributed by atoms with van der Waals surface area (Å²) in [7, 11) is 0. The summed E-state index contributed by atoms with van der Waals surface area (Å²) < 4.78 is 0. The Morgan fingerprint density at radius 2 is 1.50 bits per heavy atom. The van der Waals surface area contributed by atoms with Crippen molar-refractivity contribution < 1.29 is 19.5 Å². The molecule has 0 bridgehead atoms. The van der Waals surface area contributed by atoms with Crippen molar-refractivity contribution >= 4 is 0 Å². The predicted molar refractivity (Wildman–Crippen MR) is 74.7 cm³/mol. The van der Waals surface area contributed by atoms with Crippen molar-refractivity contribution in [1.82, 2.24) is 0 Å². The van der Waals surface area contributed by atoms with Crippen LogP contribution in [0.4, 0.5) is 0 Å². The van der Waals surface area contributed by atoms with Gasteiger partial charge in [0.2, 0.25) is 0 Å². The van der Waals surface area contributed by atoms with E-state index in [0.717, 1.165) is 0 Å². The van der Waals surface area contributed by atoms with E-state index >= 15 is 0 Å². The smallest absolute Gasteiger partial charge is 0.0231 e. The van der Waals surface area contributed by atoms with E-state index in [9.17, 15) is 0 Å². The molecule has 1 atom stereocenters. The van der Waals surface area contributed by atoms with Crippen LogP contribution in [0.25, 0.3) is 0 Å². The minimum atomic E-state index is 0. The Morgan fingerprint density at radius 1 is 0.833 bits per heavy atom. The summed E-state index contributed by atoms with van der Waals surface area (Å²) in [6.07, 6.45) is 16.6. The fourth-order valence-corrected chi connectivity index (χ4v) is 1.93. The molecule has 1 aromatic carbocycles. The first kappa shape index (κ1) is 14.9. The van der Waals surface area contributed by atoms with Crippen molar-refractivity contribution in [2.75, 3.05) is 0 Å². The first-order valence-corrected chi connectivity index (χ1v) is 5.94. The molecule has 0 saturated heterocycles. The first-order valence-electron chi connectivity index (χ1n) is 5.94. The Bertz CT molecular complexity index is 454. The summed E-state index contributed by atoms with van der Waals surface area (Å²) >= 11 is 0. The minimum absolute atomic E-state index is 0. The Balaban J connectivity index is 0.000000230. The van der Waals surface area contributed by atoms with E-state index in [1.807, 2.05) is 30.7 Å². The second-order valence-electron chi connectivity index (χ2n) is 4.15. The molecule has 0 amide bonds.